The van der Waals surface area contributed by atoms with E-state index in [-0.39, 0.29) is 30.0 Å². The maximum atomic E-state index is 5.95. The molecule has 0 bridgehead atoms. The molecule has 1 heterocycles. The average Bonchev–Trinajstić information content (AvgIpc) is 2.54. The molecule has 1 aromatic carbocycles. The predicted octanol–water partition coefficient (Wildman–Crippen LogP) is 2.73. The van der Waals surface area contributed by atoms with E-state index in [1.54, 1.807) is 7.11 Å². The number of hydrogen-bond donors (Lipinski definition) is 2. The quantitative estimate of drug-likeness (QED) is 0.412. The van der Waals surface area contributed by atoms with Crippen LogP contribution in [0.2, 0.25) is 0 Å². The van der Waals surface area contributed by atoms with Gasteiger partial charge in [-0.25, -0.2) is 4.99 Å². The summed E-state index contributed by atoms with van der Waals surface area (Å²) in [5, 5.41) is 3.14. The fourth-order valence-electron chi connectivity index (χ4n) is 2.85. The molecular weight excluding hydrogens is 403 g/mol. The number of hydrogen-bond acceptors (Lipinski definition) is 3. The fraction of sp³-hybridized carbons (Fsp3) is 0.588. The van der Waals surface area contributed by atoms with Crippen LogP contribution in [0, 0.1) is 0 Å². The van der Waals surface area contributed by atoms with Crippen molar-refractivity contribution < 1.29 is 4.74 Å². The molecule has 1 aliphatic rings. The smallest absolute Gasteiger partial charge is 0.189 e. The molecule has 0 aromatic heterocycles. The summed E-state index contributed by atoms with van der Waals surface area (Å²) in [7, 11) is 1.68. The maximum absolute atomic E-state index is 5.95. The summed E-state index contributed by atoms with van der Waals surface area (Å²) in [6.07, 6.45) is 3.89. The molecular formula is C17H29IN4O. The Balaban J connectivity index is 0.00000264. The number of nitrogens with zero attached hydrogens (tertiary/aromatic N) is 2. The number of rotatable bonds is 6. The number of para-hydroxylation sites is 1. The van der Waals surface area contributed by atoms with Gasteiger partial charge in [-0.05, 0) is 37.8 Å². The topological polar surface area (TPSA) is 62.9 Å². The molecule has 0 amide bonds. The summed E-state index contributed by atoms with van der Waals surface area (Å²) in [6, 6.07) is 8.65. The van der Waals surface area contributed by atoms with Gasteiger partial charge in [-0.1, -0.05) is 18.2 Å². The van der Waals surface area contributed by atoms with E-state index in [9.17, 15) is 0 Å². The molecule has 1 aliphatic heterocycles. The van der Waals surface area contributed by atoms with Crippen LogP contribution in [0.5, 0.6) is 0 Å². The van der Waals surface area contributed by atoms with Crippen molar-refractivity contribution in [3.8, 4) is 0 Å². The highest BCUT2D eigenvalue weighted by atomic mass is 127. The van der Waals surface area contributed by atoms with Crippen molar-refractivity contribution in [2.24, 2.45) is 10.7 Å². The fourth-order valence-corrected chi connectivity index (χ4v) is 2.85. The van der Waals surface area contributed by atoms with Crippen LogP contribution in [0.4, 0.5) is 5.69 Å². The predicted molar refractivity (Wildman–Crippen MR) is 108 cm³/mol. The summed E-state index contributed by atoms with van der Waals surface area (Å²) in [5.74, 6) is 0.470. The third-order valence-corrected chi connectivity index (χ3v) is 3.92. The minimum absolute atomic E-state index is 0. The molecule has 3 N–H and O–H groups in total. The highest BCUT2D eigenvalue weighted by molar-refractivity contribution is 14.0. The molecule has 2 rings (SSSR count). The van der Waals surface area contributed by atoms with Crippen molar-refractivity contribution >= 4 is 35.6 Å². The highest BCUT2D eigenvalue weighted by Crippen LogP contribution is 2.24. The Labute approximate surface area is 156 Å². The van der Waals surface area contributed by atoms with E-state index in [0.29, 0.717) is 19.1 Å². The normalized spacial score (nSPS) is 16.6. The summed E-state index contributed by atoms with van der Waals surface area (Å²) in [6.45, 7) is 5.51. The molecule has 0 radical (unpaired) electrons. The van der Waals surface area contributed by atoms with E-state index in [4.69, 9.17) is 10.5 Å². The highest BCUT2D eigenvalue weighted by Gasteiger charge is 2.13. The Hall–Kier alpha value is -1.02. The van der Waals surface area contributed by atoms with Crippen LogP contribution in [0.15, 0.2) is 29.3 Å². The molecule has 1 aromatic rings. The lowest BCUT2D eigenvalue weighted by Gasteiger charge is -2.30. The van der Waals surface area contributed by atoms with Crippen molar-refractivity contribution in [1.82, 2.24) is 5.32 Å². The van der Waals surface area contributed by atoms with E-state index in [2.05, 4.69) is 39.5 Å². The first-order chi connectivity index (χ1) is 10.7. The first kappa shape index (κ1) is 20.0. The Kier molecular flexibility index (Phi) is 9.31. The number of piperidine rings is 1. The SMILES string of the molecule is COCC(C)NC(N)=NCc1ccccc1N1CCCCC1.I. The second-order valence-corrected chi connectivity index (χ2v) is 5.88. The Morgan fingerprint density at radius 1 is 1.30 bits per heavy atom. The van der Waals surface area contributed by atoms with Gasteiger partial charge in [0, 0.05) is 31.9 Å². The number of guanidine groups is 1. The Morgan fingerprint density at radius 3 is 2.70 bits per heavy atom. The second-order valence-electron chi connectivity index (χ2n) is 5.88. The Morgan fingerprint density at radius 2 is 2.00 bits per heavy atom. The van der Waals surface area contributed by atoms with E-state index in [0.717, 1.165) is 13.1 Å². The van der Waals surface area contributed by atoms with E-state index < -0.39 is 0 Å². The molecule has 0 aliphatic carbocycles. The molecule has 5 nitrogen and oxygen atoms in total. The van der Waals surface area contributed by atoms with Crippen LogP contribution < -0.4 is 16.0 Å². The summed E-state index contributed by atoms with van der Waals surface area (Å²) < 4.78 is 5.09. The molecule has 1 saturated heterocycles. The van der Waals surface area contributed by atoms with Gasteiger partial charge in [-0.2, -0.15) is 0 Å². The van der Waals surface area contributed by atoms with E-state index >= 15 is 0 Å². The molecule has 130 valence electrons. The van der Waals surface area contributed by atoms with E-state index in [1.807, 2.05) is 6.92 Å². The minimum Gasteiger partial charge on any atom is -0.383 e. The van der Waals surface area contributed by atoms with Gasteiger partial charge < -0.3 is 20.7 Å². The lowest BCUT2D eigenvalue weighted by Crippen LogP contribution is -2.40. The maximum Gasteiger partial charge on any atom is 0.189 e. The van der Waals surface area contributed by atoms with E-state index in [1.165, 1.54) is 30.5 Å². The van der Waals surface area contributed by atoms with Gasteiger partial charge in [0.15, 0.2) is 5.96 Å². The number of benzene rings is 1. The monoisotopic (exact) mass is 432 g/mol. The van der Waals surface area contributed by atoms with Gasteiger partial charge in [-0.3, -0.25) is 0 Å². The zero-order valence-electron chi connectivity index (χ0n) is 14.1. The number of aliphatic imine (C=N–C) groups is 1. The standard InChI is InChI=1S/C17H28N4O.HI/c1-14(13-22-2)20-17(18)19-12-15-8-4-5-9-16(15)21-10-6-3-7-11-21;/h4-5,8-9,14H,3,6-7,10-13H2,1-2H3,(H3,18,19,20);1H. The van der Waals surface area contributed by atoms with Crippen LogP contribution in [0.3, 0.4) is 0 Å². The van der Waals surface area contributed by atoms with Gasteiger partial charge in [0.05, 0.1) is 13.2 Å². The van der Waals surface area contributed by atoms with Crippen LogP contribution in [-0.2, 0) is 11.3 Å². The summed E-state index contributed by atoms with van der Waals surface area (Å²) in [5.41, 5.74) is 8.48. The summed E-state index contributed by atoms with van der Waals surface area (Å²) in [4.78, 5) is 6.94. The number of ether oxygens (including phenoxy) is 1. The largest absolute Gasteiger partial charge is 0.383 e. The van der Waals surface area contributed by atoms with Gasteiger partial charge in [0.2, 0.25) is 0 Å². The van der Waals surface area contributed by atoms with Crippen molar-refractivity contribution in [3.63, 3.8) is 0 Å². The molecule has 1 atom stereocenters. The van der Waals surface area contributed by atoms with Gasteiger partial charge in [0.1, 0.15) is 0 Å². The zero-order valence-corrected chi connectivity index (χ0v) is 16.5. The molecule has 0 saturated carbocycles. The summed E-state index contributed by atoms with van der Waals surface area (Å²) >= 11 is 0. The molecule has 23 heavy (non-hydrogen) atoms. The van der Waals surface area contributed by atoms with Gasteiger partial charge in [-0.15, -0.1) is 24.0 Å². The zero-order chi connectivity index (χ0) is 15.8. The lowest BCUT2D eigenvalue weighted by molar-refractivity contribution is 0.179. The minimum atomic E-state index is 0. The van der Waals surface area contributed by atoms with Crippen molar-refractivity contribution in [2.45, 2.75) is 38.8 Å². The van der Waals surface area contributed by atoms with Gasteiger partial charge in [0.25, 0.3) is 0 Å². The third kappa shape index (κ3) is 6.55. The van der Waals surface area contributed by atoms with Crippen molar-refractivity contribution in [2.75, 3.05) is 31.7 Å². The first-order valence-electron chi connectivity index (χ1n) is 8.09. The number of halogens is 1. The van der Waals surface area contributed by atoms with Crippen molar-refractivity contribution in [3.05, 3.63) is 29.8 Å². The second kappa shape index (κ2) is 10.7. The van der Waals surface area contributed by atoms with Crippen LogP contribution in [0.25, 0.3) is 0 Å². The number of nitrogens with two attached hydrogens (primary N) is 1. The third-order valence-electron chi connectivity index (χ3n) is 3.92. The Bertz CT molecular complexity index is 489. The van der Waals surface area contributed by atoms with Crippen LogP contribution >= 0.6 is 24.0 Å². The number of nitrogens with one attached hydrogen (secondary N) is 1. The number of anilines is 1. The average molecular weight is 432 g/mol. The first-order valence-corrected chi connectivity index (χ1v) is 8.09. The molecule has 6 heteroatoms. The van der Waals surface area contributed by atoms with Crippen molar-refractivity contribution in [1.29, 1.82) is 0 Å². The molecule has 0 spiro atoms. The van der Waals surface area contributed by atoms with Gasteiger partial charge >= 0.3 is 0 Å². The van der Waals surface area contributed by atoms with Crippen LogP contribution in [0.1, 0.15) is 31.7 Å². The van der Waals surface area contributed by atoms with Crippen LogP contribution in [-0.4, -0.2) is 38.8 Å². The molecule has 1 unspecified atom stereocenters. The lowest BCUT2D eigenvalue weighted by atomic mass is 10.1. The molecule has 1 fully saturated rings. The number of methoxy groups -OCH3 is 1.